The van der Waals surface area contributed by atoms with Gasteiger partial charge in [0.2, 0.25) is 0 Å². The number of hydrogen-bond acceptors (Lipinski definition) is 5. The van der Waals surface area contributed by atoms with Crippen molar-refractivity contribution in [3.8, 4) is 0 Å². The summed E-state index contributed by atoms with van der Waals surface area (Å²) in [4.78, 5) is 35.8. The van der Waals surface area contributed by atoms with E-state index in [2.05, 4.69) is 5.32 Å². The fourth-order valence-electron chi connectivity index (χ4n) is 2.28. The van der Waals surface area contributed by atoms with Crippen LogP contribution in [-0.2, 0) is 20.1 Å². The normalized spacial score (nSPS) is 11.5. The van der Waals surface area contributed by atoms with Gasteiger partial charge in [0.15, 0.2) is 11.9 Å². The van der Waals surface area contributed by atoms with Gasteiger partial charge in [0.1, 0.15) is 0 Å². The van der Waals surface area contributed by atoms with Crippen molar-refractivity contribution in [2.45, 2.75) is 25.7 Å². The summed E-state index contributed by atoms with van der Waals surface area (Å²) < 4.78 is 5.16. The first-order chi connectivity index (χ1) is 12.9. The number of rotatable bonds is 8. The fourth-order valence-corrected chi connectivity index (χ4v) is 3.37. The molecular formula is C20H20ClNO4S. The van der Waals surface area contributed by atoms with Crippen LogP contribution in [0, 0.1) is 0 Å². The van der Waals surface area contributed by atoms with Gasteiger partial charge in [-0.25, -0.2) is 0 Å². The highest BCUT2D eigenvalue weighted by molar-refractivity contribution is 7.99. The van der Waals surface area contributed by atoms with Gasteiger partial charge in [0.05, 0.1) is 11.4 Å². The van der Waals surface area contributed by atoms with Gasteiger partial charge >= 0.3 is 5.97 Å². The molecule has 1 amide bonds. The molecule has 0 aromatic heterocycles. The SMILES string of the molecule is CC(=O)c1ccccc1NC(=O)[C@H](C)OC(=O)CSCc1ccccc1Cl. The van der Waals surface area contributed by atoms with E-state index < -0.39 is 18.0 Å². The Hall–Kier alpha value is -2.31. The number of carbonyl (C=O) groups is 3. The second-order valence-electron chi connectivity index (χ2n) is 5.81. The van der Waals surface area contributed by atoms with Crippen molar-refractivity contribution < 1.29 is 19.1 Å². The third kappa shape index (κ3) is 6.41. The van der Waals surface area contributed by atoms with Crippen molar-refractivity contribution in [1.82, 2.24) is 0 Å². The molecule has 0 unspecified atom stereocenters. The summed E-state index contributed by atoms with van der Waals surface area (Å²) in [6.45, 7) is 2.91. The number of Topliss-reactive ketones (excluding diaryl/α,β-unsaturated/α-hetero) is 1. The molecule has 0 aliphatic rings. The highest BCUT2D eigenvalue weighted by Gasteiger charge is 2.19. The van der Waals surface area contributed by atoms with Crippen LogP contribution < -0.4 is 5.32 Å². The van der Waals surface area contributed by atoms with E-state index in [1.54, 1.807) is 30.3 Å². The minimum atomic E-state index is -0.974. The maximum Gasteiger partial charge on any atom is 0.316 e. The van der Waals surface area contributed by atoms with Crippen molar-refractivity contribution >= 4 is 46.7 Å². The molecule has 1 N–H and O–H groups in total. The average molecular weight is 406 g/mol. The smallest absolute Gasteiger partial charge is 0.316 e. The zero-order valence-corrected chi connectivity index (χ0v) is 16.6. The Morgan fingerprint density at radius 2 is 1.78 bits per heavy atom. The molecule has 0 spiro atoms. The molecule has 2 rings (SSSR count). The second kappa shape index (κ2) is 10.1. The first-order valence-electron chi connectivity index (χ1n) is 8.30. The monoisotopic (exact) mass is 405 g/mol. The van der Waals surface area contributed by atoms with Crippen LogP contribution >= 0.6 is 23.4 Å². The Bertz CT molecular complexity index is 840. The number of carbonyl (C=O) groups excluding carboxylic acids is 3. The zero-order chi connectivity index (χ0) is 19.8. The minimum Gasteiger partial charge on any atom is -0.452 e. The second-order valence-corrected chi connectivity index (χ2v) is 7.20. The van der Waals surface area contributed by atoms with Gasteiger partial charge in [-0.05, 0) is 37.6 Å². The van der Waals surface area contributed by atoms with E-state index >= 15 is 0 Å². The fraction of sp³-hybridized carbons (Fsp3) is 0.250. The highest BCUT2D eigenvalue weighted by Crippen LogP contribution is 2.21. The van der Waals surface area contributed by atoms with Crippen molar-refractivity contribution in [2.75, 3.05) is 11.1 Å². The molecule has 0 aliphatic carbocycles. The van der Waals surface area contributed by atoms with Crippen LogP contribution in [0.1, 0.15) is 29.8 Å². The number of ether oxygens (including phenoxy) is 1. The number of thioether (sulfide) groups is 1. The summed E-state index contributed by atoms with van der Waals surface area (Å²) >= 11 is 7.43. The lowest BCUT2D eigenvalue weighted by Crippen LogP contribution is -2.31. The minimum absolute atomic E-state index is 0.104. The number of halogens is 1. The topological polar surface area (TPSA) is 72.5 Å². The predicted molar refractivity (Wildman–Crippen MR) is 108 cm³/mol. The van der Waals surface area contributed by atoms with Gasteiger partial charge in [0, 0.05) is 16.3 Å². The van der Waals surface area contributed by atoms with Crippen molar-refractivity contribution in [2.24, 2.45) is 0 Å². The first kappa shape index (κ1) is 21.0. The van der Waals surface area contributed by atoms with Gasteiger partial charge < -0.3 is 10.1 Å². The van der Waals surface area contributed by atoms with Gasteiger partial charge in [-0.1, -0.05) is 41.9 Å². The summed E-state index contributed by atoms with van der Waals surface area (Å²) in [5.74, 6) is -0.469. The van der Waals surface area contributed by atoms with Crippen LogP contribution in [0.25, 0.3) is 0 Å². The average Bonchev–Trinajstić information content (AvgIpc) is 2.63. The van der Waals surface area contributed by atoms with E-state index in [-0.39, 0.29) is 11.5 Å². The van der Waals surface area contributed by atoms with Gasteiger partial charge in [-0.3, -0.25) is 14.4 Å². The summed E-state index contributed by atoms with van der Waals surface area (Å²) in [6.07, 6.45) is -0.974. The molecular weight excluding hydrogens is 386 g/mol. The molecule has 0 heterocycles. The molecule has 2 aromatic carbocycles. The number of hydrogen-bond donors (Lipinski definition) is 1. The molecule has 142 valence electrons. The maximum absolute atomic E-state index is 12.2. The quantitative estimate of drug-likeness (QED) is 0.522. The van der Waals surface area contributed by atoms with Crippen LogP contribution in [0.4, 0.5) is 5.69 Å². The lowest BCUT2D eigenvalue weighted by Gasteiger charge is -2.15. The maximum atomic E-state index is 12.2. The van der Waals surface area contributed by atoms with Gasteiger partial charge in [-0.15, -0.1) is 11.8 Å². The standard InChI is InChI=1S/C20H20ClNO4S/c1-13(23)16-8-4-6-10-18(16)22-20(25)14(2)26-19(24)12-27-11-15-7-3-5-9-17(15)21/h3-10,14H,11-12H2,1-2H3,(H,22,25)/t14-/m0/s1. The molecule has 7 heteroatoms. The van der Waals surface area contributed by atoms with Gasteiger partial charge in [0.25, 0.3) is 5.91 Å². The van der Waals surface area contributed by atoms with Crippen LogP contribution in [0.15, 0.2) is 48.5 Å². The molecule has 0 fully saturated rings. The Balaban J connectivity index is 1.83. The number of anilines is 1. The molecule has 0 bridgehead atoms. The Morgan fingerprint density at radius 1 is 1.11 bits per heavy atom. The first-order valence-corrected chi connectivity index (χ1v) is 9.83. The Labute approximate surface area is 167 Å². The molecule has 27 heavy (non-hydrogen) atoms. The summed E-state index contributed by atoms with van der Waals surface area (Å²) in [5, 5.41) is 3.27. The lowest BCUT2D eigenvalue weighted by atomic mass is 10.1. The molecule has 0 aliphatic heterocycles. The number of amides is 1. The molecule has 1 atom stereocenters. The number of esters is 1. The number of nitrogens with one attached hydrogen (secondary N) is 1. The van der Waals surface area contributed by atoms with Crippen molar-refractivity contribution in [3.05, 3.63) is 64.7 Å². The number of para-hydroxylation sites is 1. The van der Waals surface area contributed by atoms with Crippen LogP contribution in [0.2, 0.25) is 5.02 Å². The molecule has 0 saturated carbocycles. The summed E-state index contributed by atoms with van der Waals surface area (Å²) in [5.41, 5.74) is 1.73. The summed E-state index contributed by atoms with van der Waals surface area (Å²) in [6, 6.07) is 14.1. The van der Waals surface area contributed by atoms with E-state index in [1.807, 2.05) is 18.2 Å². The van der Waals surface area contributed by atoms with Gasteiger partial charge in [-0.2, -0.15) is 0 Å². The van der Waals surface area contributed by atoms with E-state index in [9.17, 15) is 14.4 Å². The van der Waals surface area contributed by atoms with Crippen molar-refractivity contribution in [1.29, 1.82) is 0 Å². The summed E-state index contributed by atoms with van der Waals surface area (Å²) in [7, 11) is 0. The van der Waals surface area contributed by atoms with Crippen molar-refractivity contribution in [3.63, 3.8) is 0 Å². The van der Waals surface area contributed by atoms with E-state index in [0.717, 1.165) is 5.56 Å². The highest BCUT2D eigenvalue weighted by atomic mass is 35.5. The van der Waals surface area contributed by atoms with Crippen LogP contribution in [0.5, 0.6) is 0 Å². The van der Waals surface area contributed by atoms with E-state index in [1.165, 1.54) is 25.6 Å². The largest absolute Gasteiger partial charge is 0.452 e. The van der Waals surface area contributed by atoms with E-state index in [4.69, 9.17) is 16.3 Å². The molecule has 5 nitrogen and oxygen atoms in total. The number of ketones is 1. The molecule has 0 saturated heterocycles. The van der Waals surface area contributed by atoms with E-state index in [0.29, 0.717) is 22.0 Å². The van der Waals surface area contributed by atoms with Crippen LogP contribution in [-0.4, -0.2) is 29.5 Å². The lowest BCUT2D eigenvalue weighted by molar-refractivity contribution is -0.150. The predicted octanol–water partition coefficient (Wildman–Crippen LogP) is 4.35. The number of benzene rings is 2. The zero-order valence-electron chi connectivity index (χ0n) is 15.0. The third-order valence-corrected chi connectivity index (χ3v) is 5.00. The molecule has 0 radical (unpaired) electrons. The van der Waals surface area contributed by atoms with Crippen LogP contribution in [0.3, 0.4) is 0 Å². The Morgan fingerprint density at radius 3 is 2.48 bits per heavy atom. The molecule has 2 aromatic rings. The Kier molecular flexibility index (Phi) is 7.88. The third-order valence-electron chi connectivity index (χ3n) is 3.68.